The molecule has 0 heterocycles. The van der Waals surface area contributed by atoms with Gasteiger partial charge in [-0.1, -0.05) is 19.9 Å². The van der Waals surface area contributed by atoms with Crippen molar-refractivity contribution in [3.8, 4) is 11.5 Å². The van der Waals surface area contributed by atoms with Gasteiger partial charge in [0.05, 0.1) is 0 Å². The predicted molar refractivity (Wildman–Crippen MR) is 73.7 cm³/mol. The molecule has 0 spiro atoms. The Bertz CT molecular complexity index is 290. The highest BCUT2D eigenvalue weighted by Crippen LogP contribution is 2.24. The summed E-state index contributed by atoms with van der Waals surface area (Å²) in [7, 11) is 0. The molecule has 1 aromatic carbocycles. The fourth-order valence-corrected chi connectivity index (χ4v) is 1.51. The average molecular weight is 352 g/mol. The second-order valence-electron chi connectivity index (χ2n) is 3.35. The summed E-state index contributed by atoms with van der Waals surface area (Å²) in [5.41, 5.74) is 0. The van der Waals surface area contributed by atoms with Crippen LogP contribution in [0.15, 0.2) is 24.3 Å². The van der Waals surface area contributed by atoms with Crippen molar-refractivity contribution in [2.45, 2.75) is 36.7 Å². The molecule has 2 atom stereocenters. The Morgan fingerprint density at radius 2 is 1.44 bits per heavy atom. The van der Waals surface area contributed by atoms with E-state index in [0.717, 1.165) is 24.3 Å². The normalized spacial score (nSPS) is 14.2. The Hall–Kier alpha value is -0.220. The van der Waals surface area contributed by atoms with Crippen LogP contribution in [-0.4, -0.2) is 10.0 Å². The van der Waals surface area contributed by atoms with E-state index in [1.807, 2.05) is 24.3 Å². The molecule has 0 saturated heterocycles. The van der Waals surface area contributed by atoms with Crippen molar-refractivity contribution >= 4 is 31.9 Å². The van der Waals surface area contributed by atoms with E-state index in [9.17, 15) is 0 Å². The number of halogens is 2. The third kappa shape index (κ3) is 4.74. The molecule has 1 aromatic rings. The SMILES string of the molecule is CCC(Br)Oc1cccc(OC(Br)CC)c1. The lowest BCUT2D eigenvalue weighted by Gasteiger charge is -2.14. The van der Waals surface area contributed by atoms with E-state index in [4.69, 9.17) is 9.47 Å². The molecule has 0 saturated carbocycles. The smallest absolute Gasteiger partial charge is 0.153 e. The summed E-state index contributed by atoms with van der Waals surface area (Å²) in [6, 6.07) is 7.67. The summed E-state index contributed by atoms with van der Waals surface area (Å²) < 4.78 is 11.3. The summed E-state index contributed by atoms with van der Waals surface area (Å²) in [4.78, 5) is 0. The fourth-order valence-electron chi connectivity index (χ4n) is 1.08. The average Bonchev–Trinajstić information content (AvgIpc) is 2.29. The van der Waals surface area contributed by atoms with E-state index < -0.39 is 0 Å². The van der Waals surface area contributed by atoms with Crippen LogP contribution in [0.25, 0.3) is 0 Å². The first kappa shape index (κ1) is 13.8. The Kier molecular flexibility index (Phi) is 6.21. The molecule has 1 rings (SSSR count). The van der Waals surface area contributed by atoms with Crippen molar-refractivity contribution < 1.29 is 9.47 Å². The zero-order chi connectivity index (χ0) is 12.0. The van der Waals surface area contributed by atoms with Crippen LogP contribution in [0.2, 0.25) is 0 Å². The maximum atomic E-state index is 5.64. The maximum absolute atomic E-state index is 5.64. The van der Waals surface area contributed by atoms with Gasteiger partial charge in [-0.3, -0.25) is 0 Å². The van der Waals surface area contributed by atoms with E-state index in [0.29, 0.717) is 0 Å². The molecule has 0 radical (unpaired) electrons. The zero-order valence-corrected chi connectivity index (χ0v) is 12.6. The van der Waals surface area contributed by atoms with E-state index in [2.05, 4.69) is 45.7 Å². The summed E-state index contributed by atoms with van der Waals surface area (Å²) in [5, 5.41) is 0.0994. The van der Waals surface area contributed by atoms with Gasteiger partial charge in [0.15, 0.2) is 10.0 Å². The van der Waals surface area contributed by atoms with Gasteiger partial charge in [0.1, 0.15) is 11.5 Å². The third-order valence-corrected chi connectivity index (χ3v) is 3.64. The van der Waals surface area contributed by atoms with E-state index >= 15 is 0 Å². The monoisotopic (exact) mass is 350 g/mol. The van der Waals surface area contributed by atoms with Gasteiger partial charge in [-0.2, -0.15) is 0 Å². The fraction of sp³-hybridized carbons (Fsp3) is 0.500. The maximum Gasteiger partial charge on any atom is 0.153 e. The largest absolute Gasteiger partial charge is 0.479 e. The van der Waals surface area contributed by atoms with E-state index in [-0.39, 0.29) is 10.0 Å². The van der Waals surface area contributed by atoms with Crippen molar-refractivity contribution in [3.05, 3.63) is 24.3 Å². The lowest BCUT2D eigenvalue weighted by Crippen LogP contribution is -2.07. The van der Waals surface area contributed by atoms with Crippen LogP contribution in [0, 0.1) is 0 Å². The van der Waals surface area contributed by atoms with Crippen LogP contribution in [0.4, 0.5) is 0 Å². The Morgan fingerprint density at radius 1 is 1.00 bits per heavy atom. The minimum atomic E-state index is 0.0497. The van der Waals surface area contributed by atoms with Gasteiger partial charge >= 0.3 is 0 Å². The molecule has 0 aliphatic heterocycles. The first-order valence-electron chi connectivity index (χ1n) is 5.37. The molecule has 2 unspecified atom stereocenters. The van der Waals surface area contributed by atoms with Crippen LogP contribution in [-0.2, 0) is 0 Å². The van der Waals surface area contributed by atoms with Crippen molar-refractivity contribution in [3.63, 3.8) is 0 Å². The van der Waals surface area contributed by atoms with Gasteiger partial charge in [-0.25, -0.2) is 0 Å². The van der Waals surface area contributed by atoms with Crippen LogP contribution < -0.4 is 9.47 Å². The number of hydrogen-bond acceptors (Lipinski definition) is 2. The van der Waals surface area contributed by atoms with E-state index in [1.165, 1.54) is 0 Å². The lowest BCUT2D eigenvalue weighted by molar-refractivity contribution is 0.275. The standard InChI is InChI=1S/C12H16Br2O2/c1-3-11(13)15-9-6-5-7-10(8-9)16-12(14)4-2/h5-8,11-12H,3-4H2,1-2H3. The zero-order valence-electron chi connectivity index (χ0n) is 9.45. The summed E-state index contributed by atoms with van der Waals surface area (Å²) in [5.74, 6) is 1.63. The van der Waals surface area contributed by atoms with Crippen molar-refractivity contribution in [2.75, 3.05) is 0 Å². The first-order chi connectivity index (χ1) is 7.65. The molecule has 2 nitrogen and oxygen atoms in total. The molecule has 0 amide bonds. The number of alkyl halides is 2. The highest BCUT2D eigenvalue weighted by Gasteiger charge is 2.06. The Balaban J connectivity index is 2.63. The molecule has 0 aliphatic carbocycles. The number of benzene rings is 1. The van der Waals surface area contributed by atoms with Crippen LogP contribution in [0.1, 0.15) is 26.7 Å². The lowest BCUT2D eigenvalue weighted by atomic mass is 10.3. The Morgan fingerprint density at radius 3 is 1.81 bits per heavy atom. The quantitative estimate of drug-likeness (QED) is 0.691. The molecular formula is C12H16Br2O2. The summed E-state index contributed by atoms with van der Waals surface area (Å²) in [6.07, 6.45) is 1.84. The molecule has 0 aliphatic rings. The van der Waals surface area contributed by atoms with Gasteiger partial charge in [0.25, 0.3) is 0 Å². The van der Waals surface area contributed by atoms with Gasteiger partial charge < -0.3 is 9.47 Å². The minimum absolute atomic E-state index is 0.0497. The first-order valence-corrected chi connectivity index (χ1v) is 7.20. The van der Waals surface area contributed by atoms with Crippen LogP contribution in [0.3, 0.4) is 0 Å². The van der Waals surface area contributed by atoms with Gasteiger partial charge in [0, 0.05) is 6.07 Å². The van der Waals surface area contributed by atoms with Crippen molar-refractivity contribution in [1.29, 1.82) is 0 Å². The number of rotatable bonds is 6. The van der Waals surface area contributed by atoms with Gasteiger partial charge in [0.2, 0.25) is 0 Å². The minimum Gasteiger partial charge on any atom is -0.479 e. The molecule has 4 heteroatoms. The highest BCUT2D eigenvalue weighted by atomic mass is 79.9. The molecule has 16 heavy (non-hydrogen) atoms. The predicted octanol–water partition coefficient (Wildman–Crippen LogP) is 4.71. The molecule has 0 bridgehead atoms. The number of hydrogen-bond donors (Lipinski definition) is 0. The highest BCUT2D eigenvalue weighted by molar-refractivity contribution is 9.09. The number of ether oxygens (including phenoxy) is 2. The van der Waals surface area contributed by atoms with Crippen LogP contribution in [0.5, 0.6) is 11.5 Å². The second kappa shape index (κ2) is 7.17. The van der Waals surface area contributed by atoms with Crippen molar-refractivity contribution in [1.82, 2.24) is 0 Å². The molecule has 90 valence electrons. The third-order valence-electron chi connectivity index (χ3n) is 1.98. The molecule has 0 fully saturated rings. The topological polar surface area (TPSA) is 18.5 Å². The van der Waals surface area contributed by atoms with Crippen LogP contribution >= 0.6 is 31.9 Å². The van der Waals surface area contributed by atoms with Gasteiger partial charge in [-0.15, -0.1) is 0 Å². The summed E-state index contributed by atoms with van der Waals surface area (Å²) >= 11 is 6.86. The van der Waals surface area contributed by atoms with Crippen molar-refractivity contribution in [2.24, 2.45) is 0 Å². The molecular weight excluding hydrogens is 336 g/mol. The Labute approximate surface area is 114 Å². The van der Waals surface area contributed by atoms with E-state index in [1.54, 1.807) is 0 Å². The van der Waals surface area contributed by atoms with Gasteiger partial charge in [-0.05, 0) is 56.8 Å². The second-order valence-corrected chi connectivity index (χ2v) is 5.39. The molecule has 0 aromatic heterocycles. The summed E-state index contributed by atoms with van der Waals surface area (Å²) in [6.45, 7) is 4.12. The molecule has 0 N–H and O–H groups in total.